The molecule has 0 aliphatic carbocycles. The summed E-state index contributed by atoms with van der Waals surface area (Å²) in [7, 11) is 0.0708. The van der Waals surface area contributed by atoms with E-state index in [2.05, 4.69) is 15.1 Å². The van der Waals surface area contributed by atoms with E-state index < -0.39 is 10.0 Å². The van der Waals surface area contributed by atoms with Gasteiger partial charge >= 0.3 is 0 Å². The Morgan fingerprint density at radius 1 is 1.21 bits per heavy atom. The molecule has 0 radical (unpaired) electrons. The van der Waals surface area contributed by atoms with Gasteiger partial charge in [-0.1, -0.05) is 0 Å². The van der Waals surface area contributed by atoms with Crippen LogP contribution < -0.4 is 9.64 Å². The molecule has 1 aliphatic rings. The Bertz CT molecular complexity index is 970. The number of aromatic nitrogens is 4. The van der Waals surface area contributed by atoms with Crippen LogP contribution in [-0.2, 0) is 10.0 Å². The average molecular weight is 423 g/mol. The van der Waals surface area contributed by atoms with Gasteiger partial charge in [-0.05, 0) is 40.5 Å². The Morgan fingerprint density at radius 3 is 2.52 bits per heavy atom. The van der Waals surface area contributed by atoms with Crippen molar-refractivity contribution in [1.29, 1.82) is 0 Å². The van der Waals surface area contributed by atoms with E-state index in [-0.39, 0.29) is 18.7 Å². The second kappa shape index (κ2) is 8.27. The highest BCUT2D eigenvalue weighted by Crippen LogP contribution is 2.29. The van der Waals surface area contributed by atoms with E-state index in [0.717, 1.165) is 12.8 Å². The van der Waals surface area contributed by atoms with Crippen molar-refractivity contribution >= 4 is 15.8 Å². The number of anilines is 1. The molecule has 0 N–H and O–H groups in total. The molecule has 1 saturated heterocycles. The summed E-state index contributed by atoms with van der Waals surface area (Å²) < 4.78 is 36.2. The highest BCUT2D eigenvalue weighted by Gasteiger charge is 2.35. The van der Waals surface area contributed by atoms with Crippen LogP contribution in [0, 0.1) is 13.8 Å². The molecular formula is C19H30N6O3S. The molecule has 0 aromatic carbocycles. The molecule has 2 aromatic rings. The van der Waals surface area contributed by atoms with Gasteiger partial charge in [0.2, 0.25) is 10.0 Å². The monoisotopic (exact) mass is 422 g/mol. The molecule has 9 nitrogen and oxygen atoms in total. The van der Waals surface area contributed by atoms with Gasteiger partial charge in [0.1, 0.15) is 11.0 Å². The number of sulfonamides is 1. The molecule has 1 unspecified atom stereocenters. The molecule has 3 heterocycles. The van der Waals surface area contributed by atoms with Gasteiger partial charge in [0.15, 0.2) is 5.82 Å². The molecule has 3 rings (SSSR count). The molecule has 0 saturated carbocycles. The van der Waals surface area contributed by atoms with Crippen molar-refractivity contribution in [3.8, 4) is 5.88 Å². The number of nitrogens with zero attached hydrogens (tertiary/aromatic N) is 6. The Morgan fingerprint density at radius 2 is 1.90 bits per heavy atom. The van der Waals surface area contributed by atoms with Gasteiger partial charge in [0.25, 0.3) is 5.88 Å². The van der Waals surface area contributed by atoms with Crippen molar-refractivity contribution in [3.05, 3.63) is 23.8 Å². The Labute approximate surface area is 172 Å². The first-order valence-electron chi connectivity index (χ1n) is 9.83. The number of aryl methyl sites for hydroxylation is 1. The summed E-state index contributed by atoms with van der Waals surface area (Å²) >= 11 is 0. The number of hydrogen-bond acceptors (Lipinski definition) is 7. The zero-order valence-electron chi connectivity index (χ0n) is 18.0. The molecule has 0 bridgehead atoms. The van der Waals surface area contributed by atoms with Crippen LogP contribution in [0.15, 0.2) is 17.3 Å². The van der Waals surface area contributed by atoms with Gasteiger partial charge in [-0.15, -0.1) is 0 Å². The second-order valence-electron chi connectivity index (χ2n) is 7.86. The van der Waals surface area contributed by atoms with Gasteiger partial charge in [0.05, 0.1) is 17.9 Å². The average Bonchev–Trinajstić information content (AvgIpc) is 2.97. The van der Waals surface area contributed by atoms with Crippen LogP contribution in [0.5, 0.6) is 5.88 Å². The minimum Gasteiger partial charge on any atom is -0.470 e. The molecule has 2 aromatic heterocycles. The molecule has 10 heteroatoms. The molecule has 1 aliphatic heterocycles. The van der Waals surface area contributed by atoms with Gasteiger partial charge < -0.3 is 9.64 Å². The van der Waals surface area contributed by atoms with Gasteiger partial charge in [-0.3, -0.25) is 4.68 Å². The molecular weight excluding hydrogens is 392 g/mol. The van der Waals surface area contributed by atoms with Crippen LogP contribution in [0.4, 0.5) is 5.82 Å². The molecule has 1 atom stereocenters. The lowest BCUT2D eigenvalue weighted by atomic mass is 10.1. The Hall–Kier alpha value is -2.20. The number of hydrogen-bond donors (Lipinski definition) is 0. The maximum atomic E-state index is 13.4. The predicted octanol–water partition coefficient (Wildman–Crippen LogP) is 2.17. The first kappa shape index (κ1) is 21.5. The topological polar surface area (TPSA) is 93.5 Å². The van der Waals surface area contributed by atoms with Crippen LogP contribution >= 0.6 is 0 Å². The Kier molecular flexibility index (Phi) is 6.13. The minimum absolute atomic E-state index is 0.0937. The fraction of sp³-hybridized carbons (Fsp3) is 0.632. The summed E-state index contributed by atoms with van der Waals surface area (Å²) in [6.07, 6.45) is 4.38. The van der Waals surface area contributed by atoms with Crippen LogP contribution in [0.3, 0.4) is 0 Å². The van der Waals surface area contributed by atoms with Crippen molar-refractivity contribution in [2.75, 3.05) is 32.1 Å². The molecule has 0 amide bonds. The van der Waals surface area contributed by atoms with Crippen LogP contribution in [-0.4, -0.2) is 65.8 Å². The lowest BCUT2D eigenvalue weighted by Gasteiger charge is -2.32. The van der Waals surface area contributed by atoms with E-state index in [1.54, 1.807) is 24.0 Å². The quantitative estimate of drug-likeness (QED) is 0.704. The van der Waals surface area contributed by atoms with Gasteiger partial charge in [0, 0.05) is 39.1 Å². The maximum absolute atomic E-state index is 13.4. The highest BCUT2D eigenvalue weighted by atomic mass is 32.2. The maximum Gasteiger partial charge on any atom is 0.257 e. The van der Waals surface area contributed by atoms with E-state index in [4.69, 9.17) is 4.74 Å². The molecule has 29 heavy (non-hydrogen) atoms. The van der Waals surface area contributed by atoms with E-state index in [0.29, 0.717) is 34.5 Å². The molecule has 160 valence electrons. The third-order valence-electron chi connectivity index (χ3n) is 5.03. The summed E-state index contributed by atoms with van der Waals surface area (Å²) in [5, 5.41) is 4.44. The standard InChI is InChI=1S/C19H30N6O3S/c1-13(2)25-15(4)17(14(3)22-25)29(26,27)24-11-7-8-16(12-24)28-19-18(23(5)6)20-9-10-21-19/h9-10,13,16H,7-8,11-12H2,1-6H3. The summed E-state index contributed by atoms with van der Waals surface area (Å²) in [6, 6.07) is 0.0937. The number of piperidine rings is 1. The summed E-state index contributed by atoms with van der Waals surface area (Å²) in [5.41, 5.74) is 1.20. The first-order valence-corrected chi connectivity index (χ1v) is 11.3. The van der Waals surface area contributed by atoms with Gasteiger partial charge in [-0.25, -0.2) is 18.4 Å². The lowest BCUT2D eigenvalue weighted by Crippen LogP contribution is -2.44. The van der Waals surface area contributed by atoms with Crippen LogP contribution in [0.1, 0.15) is 44.1 Å². The zero-order valence-corrected chi connectivity index (χ0v) is 18.8. The minimum atomic E-state index is -3.66. The summed E-state index contributed by atoms with van der Waals surface area (Å²) in [4.78, 5) is 10.7. The summed E-state index contributed by atoms with van der Waals surface area (Å²) in [5.74, 6) is 1.04. The third-order valence-corrected chi connectivity index (χ3v) is 7.15. The van der Waals surface area contributed by atoms with Crippen molar-refractivity contribution in [3.63, 3.8) is 0 Å². The first-order chi connectivity index (χ1) is 13.6. The number of rotatable bonds is 6. The largest absolute Gasteiger partial charge is 0.470 e. The Balaban J connectivity index is 1.84. The van der Waals surface area contributed by atoms with E-state index in [1.165, 1.54) is 4.31 Å². The number of ether oxygens (including phenoxy) is 1. The third kappa shape index (κ3) is 4.23. The smallest absolute Gasteiger partial charge is 0.257 e. The van der Waals surface area contributed by atoms with Crippen molar-refractivity contribution < 1.29 is 13.2 Å². The molecule has 1 fully saturated rings. The zero-order chi connectivity index (χ0) is 21.3. The van der Waals surface area contributed by atoms with Crippen molar-refractivity contribution in [2.24, 2.45) is 0 Å². The van der Waals surface area contributed by atoms with E-state index in [9.17, 15) is 8.42 Å². The molecule has 0 spiro atoms. The lowest BCUT2D eigenvalue weighted by molar-refractivity contribution is 0.125. The van der Waals surface area contributed by atoms with E-state index in [1.807, 2.05) is 39.8 Å². The van der Waals surface area contributed by atoms with Gasteiger partial charge in [-0.2, -0.15) is 9.40 Å². The predicted molar refractivity (Wildman–Crippen MR) is 111 cm³/mol. The van der Waals surface area contributed by atoms with Crippen molar-refractivity contribution in [2.45, 2.75) is 57.6 Å². The van der Waals surface area contributed by atoms with Crippen LogP contribution in [0.2, 0.25) is 0 Å². The fourth-order valence-corrected chi connectivity index (χ4v) is 5.61. The fourth-order valence-electron chi connectivity index (χ4n) is 3.74. The summed E-state index contributed by atoms with van der Waals surface area (Å²) in [6.45, 7) is 8.29. The SMILES string of the molecule is Cc1nn(C(C)C)c(C)c1S(=O)(=O)N1CCCC(Oc2nccnc2N(C)C)C1. The van der Waals surface area contributed by atoms with Crippen LogP contribution in [0.25, 0.3) is 0 Å². The van der Waals surface area contributed by atoms with E-state index >= 15 is 0 Å². The van der Waals surface area contributed by atoms with Crippen molar-refractivity contribution in [1.82, 2.24) is 24.1 Å². The second-order valence-corrected chi connectivity index (χ2v) is 9.74. The highest BCUT2D eigenvalue weighted by molar-refractivity contribution is 7.89. The normalized spacial score (nSPS) is 18.2.